The third-order valence-electron chi connectivity index (χ3n) is 8.97. The minimum absolute atomic E-state index is 0.102. The summed E-state index contributed by atoms with van der Waals surface area (Å²) in [6.07, 6.45) is 4.94. The summed E-state index contributed by atoms with van der Waals surface area (Å²) in [7, 11) is -1.85. The largest absolute Gasteiger partial charge is 0.0722 e. The van der Waals surface area contributed by atoms with E-state index < -0.39 is 8.07 Å². The first kappa shape index (κ1) is 27.4. The van der Waals surface area contributed by atoms with Crippen LogP contribution >= 0.6 is 15.9 Å². The number of hydrogen-bond donors (Lipinski definition) is 0. The van der Waals surface area contributed by atoms with Crippen molar-refractivity contribution in [1.29, 1.82) is 0 Å². The molecular formula is C36H43BrSi. The Kier molecular flexibility index (Phi) is 6.64. The van der Waals surface area contributed by atoms with Gasteiger partial charge >= 0.3 is 0 Å². The van der Waals surface area contributed by atoms with Gasteiger partial charge in [0.25, 0.3) is 0 Å². The molecule has 2 aliphatic carbocycles. The maximum absolute atomic E-state index is 3.82. The molecule has 2 aliphatic rings. The van der Waals surface area contributed by atoms with E-state index in [0.29, 0.717) is 11.1 Å². The molecule has 0 radical (unpaired) electrons. The molecule has 0 spiro atoms. The topological polar surface area (TPSA) is 0 Å². The lowest BCUT2D eigenvalue weighted by Crippen LogP contribution is -2.42. The highest BCUT2D eigenvalue weighted by Crippen LogP contribution is 2.54. The van der Waals surface area contributed by atoms with Crippen molar-refractivity contribution in [1.82, 2.24) is 0 Å². The number of benzene rings is 3. The molecule has 5 rings (SSSR count). The zero-order chi connectivity index (χ0) is 27.8. The van der Waals surface area contributed by atoms with Gasteiger partial charge in [-0.05, 0) is 75.3 Å². The van der Waals surface area contributed by atoms with Crippen molar-refractivity contribution >= 4 is 36.2 Å². The average Bonchev–Trinajstić information content (AvgIpc) is 3.34. The van der Waals surface area contributed by atoms with Crippen LogP contribution in [0.25, 0.3) is 23.3 Å². The van der Waals surface area contributed by atoms with Crippen LogP contribution in [0.3, 0.4) is 0 Å². The second-order valence-corrected chi connectivity index (χ2v) is 20.0. The summed E-state index contributed by atoms with van der Waals surface area (Å²) in [5.74, 6) is 0. The number of halogens is 1. The summed E-state index contributed by atoms with van der Waals surface area (Å²) in [6, 6.07) is 21.1. The molecule has 198 valence electrons. The van der Waals surface area contributed by atoms with Crippen LogP contribution in [-0.2, 0) is 10.8 Å². The number of rotatable bonds is 3. The summed E-state index contributed by atoms with van der Waals surface area (Å²) in [5, 5.41) is 0. The van der Waals surface area contributed by atoms with Crippen LogP contribution in [0.2, 0.25) is 13.1 Å². The molecule has 0 nitrogen and oxygen atoms in total. The van der Waals surface area contributed by atoms with Crippen LogP contribution in [0.4, 0.5) is 0 Å². The first-order chi connectivity index (χ1) is 17.6. The minimum atomic E-state index is -1.85. The summed E-state index contributed by atoms with van der Waals surface area (Å²) in [4.78, 5) is 0. The van der Waals surface area contributed by atoms with Gasteiger partial charge in [0.05, 0.1) is 8.07 Å². The summed E-state index contributed by atoms with van der Waals surface area (Å²) < 4.78 is 1.22. The molecule has 0 saturated heterocycles. The lowest BCUT2D eigenvalue weighted by Gasteiger charge is -2.39. The Morgan fingerprint density at radius 1 is 0.658 bits per heavy atom. The fourth-order valence-corrected chi connectivity index (χ4v) is 12.6. The maximum atomic E-state index is 3.82. The minimum Gasteiger partial charge on any atom is -0.0679 e. The van der Waals surface area contributed by atoms with E-state index in [4.69, 9.17) is 0 Å². The molecule has 0 fully saturated rings. The Bertz CT molecular complexity index is 1450. The van der Waals surface area contributed by atoms with E-state index in [1.807, 2.05) is 0 Å². The standard InChI is InChI=1S/C36H43BrSi/c1-22-17-30-27(24-19-25(35(3,4)5)21-26(20-24)36(6,7)8)13-11-14-28(30)33(22)38(9,10)34-23(2)18-31-29(34)15-12-16-32(31)37/h11-21,33-34H,1-10H3. The van der Waals surface area contributed by atoms with Crippen LogP contribution in [0.1, 0.15) is 99.9 Å². The summed E-state index contributed by atoms with van der Waals surface area (Å²) >= 11 is 3.82. The van der Waals surface area contributed by atoms with E-state index in [2.05, 4.69) is 151 Å². The maximum Gasteiger partial charge on any atom is 0.0722 e. The average molecular weight is 584 g/mol. The Morgan fingerprint density at radius 3 is 1.66 bits per heavy atom. The molecule has 0 aromatic heterocycles. The first-order valence-corrected chi connectivity index (χ1v) is 18.0. The predicted octanol–water partition coefficient (Wildman–Crippen LogP) is 11.2. The number of fused-ring (bicyclic) bond motifs is 2. The second kappa shape index (κ2) is 9.20. The fraction of sp³-hybridized carbons (Fsp3) is 0.389. The van der Waals surface area contributed by atoms with Crippen molar-refractivity contribution in [3.63, 3.8) is 0 Å². The first-order valence-electron chi connectivity index (χ1n) is 14.0. The van der Waals surface area contributed by atoms with E-state index >= 15 is 0 Å². The van der Waals surface area contributed by atoms with Crippen LogP contribution < -0.4 is 0 Å². The molecule has 3 aromatic rings. The summed E-state index contributed by atoms with van der Waals surface area (Å²) in [6.45, 7) is 23.9. The monoisotopic (exact) mass is 582 g/mol. The Labute approximate surface area is 240 Å². The summed E-state index contributed by atoms with van der Waals surface area (Å²) in [5.41, 5.74) is 15.7. The number of allylic oxidation sites excluding steroid dienone is 2. The highest BCUT2D eigenvalue weighted by molar-refractivity contribution is 9.10. The molecule has 0 amide bonds. The molecule has 2 heteroatoms. The molecule has 3 aromatic carbocycles. The molecule has 38 heavy (non-hydrogen) atoms. The molecule has 0 saturated carbocycles. The van der Waals surface area contributed by atoms with Gasteiger partial charge in [0.2, 0.25) is 0 Å². The number of hydrogen-bond acceptors (Lipinski definition) is 0. The van der Waals surface area contributed by atoms with Gasteiger partial charge in [-0.2, -0.15) is 0 Å². The van der Waals surface area contributed by atoms with Gasteiger partial charge in [-0.1, -0.05) is 142 Å². The highest BCUT2D eigenvalue weighted by atomic mass is 79.9. The van der Waals surface area contributed by atoms with Gasteiger partial charge in [-0.15, -0.1) is 0 Å². The van der Waals surface area contributed by atoms with Gasteiger partial charge in [-0.25, -0.2) is 0 Å². The van der Waals surface area contributed by atoms with Crippen LogP contribution in [-0.4, -0.2) is 8.07 Å². The normalized spacial score (nSPS) is 19.2. The molecular weight excluding hydrogens is 540 g/mol. The van der Waals surface area contributed by atoms with Crippen molar-refractivity contribution in [2.75, 3.05) is 0 Å². The van der Waals surface area contributed by atoms with Gasteiger partial charge in [0.15, 0.2) is 0 Å². The molecule has 0 N–H and O–H groups in total. The zero-order valence-corrected chi connectivity index (χ0v) is 27.5. The van der Waals surface area contributed by atoms with E-state index in [0.717, 1.165) is 0 Å². The van der Waals surface area contributed by atoms with Crippen LogP contribution in [0.5, 0.6) is 0 Å². The van der Waals surface area contributed by atoms with E-state index in [1.165, 1.54) is 60.1 Å². The zero-order valence-electron chi connectivity index (χ0n) is 24.9. The lowest BCUT2D eigenvalue weighted by molar-refractivity contribution is 0.569. The quantitative estimate of drug-likeness (QED) is 0.269. The van der Waals surface area contributed by atoms with Gasteiger partial charge in [-0.3, -0.25) is 0 Å². The third-order valence-corrected chi connectivity index (χ3v) is 14.2. The second-order valence-electron chi connectivity index (χ2n) is 14.3. The molecule has 2 unspecified atom stereocenters. The molecule has 0 aliphatic heterocycles. The molecule has 2 atom stereocenters. The highest BCUT2D eigenvalue weighted by Gasteiger charge is 2.47. The van der Waals surface area contributed by atoms with Crippen molar-refractivity contribution in [2.24, 2.45) is 0 Å². The smallest absolute Gasteiger partial charge is 0.0679 e. The Hall–Kier alpha value is -2.16. The van der Waals surface area contributed by atoms with E-state index in [9.17, 15) is 0 Å². The van der Waals surface area contributed by atoms with Gasteiger partial charge < -0.3 is 0 Å². The van der Waals surface area contributed by atoms with Gasteiger partial charge in [0, 0.05) is 15.6 Å². The van der Waals surface area contributed by atoms with Crippen molar-refractivity contribution in [3.05, 3.63) is 104 Å². The van der Waals surface area contributed by atoms with Crippen LogP contribution in [0.15, 0.2) is 70.2 Å². The predicted molar refractivity (Wildman–Crippen MR) is 174 cm³/mol. The van der Waals surface area contributed by atoms with Crippen LogP contribution in [0, 0.1) is 0 Å². The molecule has 0 heterocycles. The fourth-order valence-electron chi connectivity index (χ4n) is 7.11. The van der Waals surface area contributed by atoms with Crippen molar-refractivity contribution < 1.29 is 0 Å². The van der Waals surface area contributed by atoms with Crippen molar-refractivity contribution in [2.45, 2.75) is 90.4 Å². The van der Waals surface area contributed by atoms with E-state index in [-0.39, 0.29) is 10.8 Å². The third kappa shape index (κ3) is 4.52. The lowest BCUT2D eigenvalue weighted by atomic mass is 9.78. The molecule has 0 bridgehead atoms. The van der Waals surface area contributed by atoms with Gasteiger partial charge in [0.1, 0.15) is 0 Å². The van der Waals surface area contributed by atoms with E-state index in [1.54, 1.807) is 0 Å². The van der Waals surface area contributed by atoms with Crippen molar-refractivity contribution in [3.8, 4) is 11.1 Å². The Morgan fingerprint density at radius 2 is 1.13 bits per heavy atom. The Balaban J connectivity index is 1.65. The SMILES string of the molecule is CC1=Cc2c(Br)cccc2C1[Si](C)(C)C1C(C)=Cc2c(-c3cc(C(C)(C)C)cc(C(C)(C)C)c3)cccc21.